The second kappa shape index (κ2) is 4.41. The summed E-state index contributed by atoms with van der Waals surface area (Å²) in [5.41, 5.74) is 3.53. The van der Waals surface area contributed by atoms with E-state index in [0.29, 0.717) is 0 Å². The molecule has 3 rings (SSSR count). The number of anilines is 1. The molecule has 1 aliphatic rings. The third-order valence-electron chi connectivity index (χ3n) is 2.79. The van der Waals surface area contributed by atoms with Crippen molar-refractivity contribution in [2.24, 2.45) is 4.99 Å². The standard InChI is InChI=1S/C14H11N3O/c18-13-9-16-14(10-5-7-15-8-6-10)11-3-1-2-4-12(11)17-13/h1-8H,9H2,(H,17,18). The molecule has 1 aliphatic heterocycles. The summed E-state index contributed by atoms with van der Waals surface area (Å²) in [6.07, 6.45) is 3.45. The number of benzodiazepines with no additional fused rings is 1. The van der Waals surface area contributed by atoms with Gasteiger partial charge in [-0.1, -0.05) is 18.2 Å². The third kappa shape index (κ3) is 1.88. The number of aromatic nitrogens is 1. The molecule has 2 heterocycles. The molecule has 1 aromatic heterocycles. The Morgan fingerprint density at radius 3 is 2.67 bits per heavy atom. The molecule has 0 unspecified atom stereocenters. The Morgan fingerprint density at radius 2 is 1.83 bits per heavy atom. The van der Waals surface area contributed by atoms with Crippen LogP contribution in [-0.4, -0.2) is 23.1 Å². The summed E-state index contributed by atoms with van der Waals surface area (Å²) in [7, 11) is 0. The van der Waals surface area contributed by atoms with Crippen molar-refractivity contribution in [3.05, 3.63) is 59.9 Å². The third-order valence-corrected chi connectivity index (χ3v) is 2.79. The molecule has 0 saturated carbocycles. The second-order valence-electron chi connectivity index (χ2n) is 3.99. The molecule has 4 nitrogen and oxygen atoms in total. The number of benzene rings is 1. The van der Waals surface area contributed by atoms with E-state index in [1.165, 1.54) is 0 Å². The average molecular weight is 237 g/mol. The molecule has 88 valence electrons. The summed E-state index contributed by atoms with van der Waals surface area (Å²) in [6.45, 7) is 0.145. The molecule has 1 amide bonds. The molecule has 2 aromatic rings. The lowest BCUT2D eigenvalue weighted by Crippen LogP contribution is -2.13. The highest BCUT2D eigenvalue weighted by atomic mass is 16.1. The molecule has 1 N–H and O–H groups in total. The first-order valence-electron chi connectivity index (χ1n) is 5.69. The number of nitrogens with one attached hydrogen (secondary N) is 1. The molecular formula is C14H11N3O. The number of pyridine rings is 1. The van der Waals surface area contributed by atoms with Gasteiger partial charge in [0.1, 0.15) is 6.54 Å². The van der Waals surface area contributed by atoms with Crippen molar-refractivity contribution in [1.29, 1.82) is 0 Å². The first-order valence-corrected chi connectivity index (χ1v) is 5.69. The maximum atomic E-state index is 11.6. The number of para-hydroxylation sites is 1. The Bertz CT molecular complexity index is 620. The minimum Gasteiger partial charge on any atom is -0.324 e. The molecule has 4 heteroatoms. The summed E-state index contributed by atoms with van der Waals surface area (Å²) in [5.74, 6) is -0.0912. The fraction of sp³-hybridized carbons (Fsp3) is 0.0714. The fourth-order valence-corrected chi connectivity index (χ4v) is 1.98. The maximum absolute atomic E-state index is 11.6. The molecule has 1 aromatic carbocycles. The van der Waals surface area contributed by atoms with Gasteiger partial charge in [0.05, 0.1) is 11.4 Å². The first-order chi connectivity index (χ1) is 8.84. The van der Waals surface area contributed by atoms with Crippen LogP contribution in [0.5, 0.6) is 0 Å². The van der Waals surface area contributed by atoms with Crippen molar-refractivity contribution in [2.75, 3.05) is 11.9 Å². The first kappa shape index (κ1) is 10.7. The highest BCUT2D eigenvalue weighted by Gasteiger charge is 2.16. The quantitative estimate of drug-likeness (QED) is 0.823. The smallest absolute Gasteiger partial charge is 0.246 e. The SMILES string of the molecule is O=C1CN=C(c2ccncc2)c2ccccc2N1. The summed E-state index contributed by atoms with van der Waals surface area (Å²) in [4.78, 5) is 20.0. The molecule has 0 fully saturated rings. The normalized spacial score (nSPS) is 14.2. The van der Waals surface area contributed by atoms with Crippen molar-refractivity contribution < 1.29 is 4.79 Å². The molecule has 0 spiro atoms. The van der Waals surface area contributed by atoms with E-state index >= 15 is 0 Å². The zero-order valence-corrected chi connectivity index (χ0v) is 9.63. The zero-order valence-electron chi connectivity index (χ0n) is 9.63. The topological polar surface area (TPSA) is 54.4 Å². The van der Waals surface area contributed by atoms with Gasteiger partial charge in [-0.15, -0.1) is 0 Å². The lowest BCUT2D eigenvalue weighted by atomic mass is 10.0. The average Bonchev–Trinajstić information content (AvgIpc) is 2.58. The molecule has 18 heavy (non-hydrogen) atoms. The Kier molecular flexibility index (Phi) is 2.61. The molecule has 0 bridgehead atoms. The number of hydrogen-bond donors (Lipinski definition) is 1. The second-order valence-corrected chi connectivity index (χ2v) is 3.99. The van der Waals surface area contributed by atoms with Crippen LogP contribution in [0.25, 0.3) is 0 Å². The predicted octanol–water partition coefficient (Wildman–Crippen LogP) is 1.87. The van der Waals surface area contributed by atoms with E-state index in [1.54, 1.807) is 12.4 Å². The van der Waals surface area contributed by atoms with Gasteiger partial charge in [-0.3, -0.25) is 14.8 Å². The minimum absolute atomic E-state index is 0.0912. The van der Waals surface area contributed by atoms with Gasteiger partial charge in [0.2, 0.25) is 5.91 Å². The van der Waals surface area contributed by atoms with Crippen LogP contribution in [-0.2, 0) is 4.79 Å². The van der Waals surface area contributed by atoms with Crippen LogP contribution in [0.4, 0.5) is 5.69 Å². The van der Waals surface area contributed by atoms with Gasteiger partial charge in [0.25, 0.3) is 0 Å². The van der Waals surface area contributed by atoms with E-state index in [-0.39, 0.29) is 12.5 Å². The summed E-state index contributed by atoms with van der Waals surface area (Å²) in [5, 5.41) is 2.85. The predicted molar refractivity (Wildman–Crippen MR) is 69.8 cm³/mol. The number of carbonyl (C=O) groups excluding carboxylic acids is 1. The van der Waals surface area contributed by atoms with Gasteiger partial charge in [-0.25, -0.2) is 0 Å². The molecule has 0 radical (unpaired) electrons. The van der Waals surface area contributed by atoms with Crippen LogP contribution in [0, 0.1) is 0 Å². The number of carbonyl (C=O) groups is 1. The van der Waals surface area contributed by atoms with Gasteiger partial charge in [-0.2, -0.15) is 0 Å². The number of aliphatic imine (C=N–C) groups is 1. The number of fused-ring (bicyclic) bond motifs is 1. The van der Waals surface area contributed by atoms with Crippen molar-refractivity contribution in [3.63, 3.8) is 0 Å². The fourth-order valence-electron chi connectivity index (χ4n) is 1.98. The van der Waals surface area contributed by atoms with E-state index in [9.17, 15) is 4.79 Å². The van der Waals surface area contributed by atoms with Gasteiger partial charge in [0, 0.05) is 23.5 Å². The summed E-state index contributed by atoms with van der Waals surface area (Å²) < 4.78 is 0. The van der Waals surface area contributed by atoms with Crippen molar-refractivity contribution in [1.82, 2.24) is 4.98 Å². The maximum Gasteiger partial charge on any atom is 0.246 e. The number of nitrogens with zero attached hydrogens (tertiary/aromatic N) is 2. The summed E-state index contributed by atoms with van der Waals surface area (Å²) in [6, 6.07) is 11.5. The molecule has 0 atom stereocenters. The monoisotopic (exact) mass is 237 g/mol. The van der Waals surface area contributed by atoms with Crippen LogP contribution >= 0.6 is 0 Å². The summed E-state index contributed by atoms with van der Waals surface area (Å²) >= 11 is 0. The van der Waals surface area contributed by atoms with Crippen molar-refractivity contribution in [2.45, 2.75) is 0 Å². The number of amides is 1. The van der Waals surface area contributed by atoms with Crippen LogP contribution in [0.3, 0.4) is 0 Å². The number of hydrogen-bond acceptors (Lipinski definition) is 3. The molecule has 0 aliphatic carbocycles. The van der Waals surface area contributed by atoms with E-state index in [0.717, 1.165) is 22.5 Å². The lowest BCUT2D eigenvalue weighted by molar-refractivity contribution is -0.114. The molecular weight excluding hydrogens is 226 g/mol. The lowest BCUT2D eigenvalue weighted by Gasteiger charge is -2.09. The van der Waals surface area contributed by atoms with Gasteiger partial charge >= 0.3 is 0 Å². The Hall–Kier alpha value is -2.49. The van der Waals surface area contributed by atoms with E-state index in [2.05, 4.69) is 15.3 Å². The van der Waals surface area contributed by atoms with E-state index < -0.39 is 0 Å². The van der Waals surface area contributed by atoms with E-state index in [4.69, 9.17) is 0 Å². The Labute approximate surface area is 104 Å². The Balaban J connectivity index is 2.17. The Morgan fingerprint density at radius 1 is 1.06 bits per heavy atom. The highest BCUT2D eigenvalue weighted by molar-refractivity contribution is 6.19. The van der Waals surface area contributed by atoms with E-state index in [1.807, 2.05) is 36.4 Å². The number of rotatable bonds is 1. The highest BCUT2D eigenvalue weighted by Crippen LogP contribution is 2.21. The largest absolute Gasteiger partial charge is 0.324 e. The van der Waals surface area contributed by atoms with Crippen molar-refractivity contribution in [3.8, 4) is 0 Å². The molecule has 0 saturated heterocycles. The zero-order chi connectivity index (χ0) is 12.4. The van der Waals surface area contributed by atoms with Crippen LogP contribution in [0.2, 0.25) is 0 Å². The van der Waals surface area contributed by atoms with Gasteiger partial charge in [-0.05, 0) is 18.2 Å². The van der Waals surface area contributed by atoms with Crippen molar-refractivity contribution >= 4 is 17.3 Å². The van der Waals surface area contributed by atoms with Crippen LogP contribution in [0.1, 0.15) is 11.1 Å². The van der Waals surface area contributed by atoms with Gasteiger partial charge in [0.15, 0.2) is 0 Å². The minimum atomic E-state index is -0.0912. The van der Waals surface area contributed by atoms with Gasteiger partial charge < -0.3 is 5.32 Å². The van der Waals surface area contributed by atoms with Crippen LogP contribution in [0.15, 0.2) is 53.8 Å². The van der Waals surface area contributed by atoms with Crippen LogP contribution < -0.4 is 5.32 Å².